The molecular weight excluding hydrogens is 258 g/mol. The standard InChI is InChI=1S/C18H27N3/c1-12-8-20-15(4-14(12)19)21-18-7-13-5-16(2,10-18)9-17(3,6-13)11-18/h4,8,13H,5-7,9-11H2,1-3H3,(H3,19,20,21). The van der Waals surface area contributed by atoms with E-state index in [0.717, 1.165) is 23.0 Å². The van der Waals surface area contributed by atoms with Crippen LogP contribution in [-0.2, 0) is 0 Å². The summed E-state index contributed by atoms with van der Waals surface area (Å²) >= 11 is 0. The van der Waals surface area contributed by atoms with Gasteiger partial charge in [0.05, 0.1) is 0 Å². The van der Waals surface area contributed by atoms with Crippen LogP contribution >= 0.6 is 0 Å². The number of rotatable bonds is 2. The van der Waals surface area contributed by atoms with E-state index in [0.29, 0.717) is 10.8 Å². The van der Waals surface area contributed by atoms with E-state index in [1.807, 2.05) is 19.2 Å². The second kappa shape index (κ2) is 3.93. The summed E-state index contributed by atoms with van der Waals surface area (Å²) in [5.74, 6) is 1.86. The van der Waals surface area contributed by atoms with E-state index in [-0.39, 0.29) is 5.54 Å². The summed E-state index contributed by atoms with van der Waals surface area (Å²) in [6.45, 7) is 7.02. The van der Waals surface area contributed by atoms with E-state index in [2.05, 4.69) is 24.1 Å². The van der Waals surface area contributed by atoms with Crippen molar-refractivity contribution in [1.82, 2.24) is 4.98 Å². The number of aromatic nitrogens is 1. The molecule has 4 aliphatic carbocycles. The van der Waals surface area contributed by atoms with Crippen LogP contribution in [0, 0.1) is 23.7 Å². The van der Waals surface area contributed by atoms with Crippen LogP contribution in [0.2, 0.25) is 0 Å². The van der Waals surface area contributed by atoms with Crippen LogP contribution < -0.4 is 11.1 Å². The molecule has 1 heterocycles. The molecule has 0 saturated heterocycles. The van der Waals surface area contributed by atoms with E-state index < -0.39 is 0 Å². The normalized spacial score (nSPS) is 44.0. The molecule has 0 aromatic carbocycles. The Hall–Kier alpha value is -1.25. The van der Waals surface area contributed by atoms with Gasteiger partial charge in [0, 0.05) is 23.5 Å². The number of nitrogens with one attached hydrogen (secondary N) is 1. The molecule has 5 rings (SSSR count). The fourth-order valence-corrected chi connectivity index (χ4v) is 6.47. The number of nitrogens with zero attached hydrogens (tertiary/aromatic N) is 1. The monoisotopic (exact) mass is 285 g/mol. The first-order valence-corrected chi connectivity index (χ1v) is 8.29. The molecule has 114 valence electrons. The molecule has 0 spiro atoms. The van der Waals surface area contributed by atoms with Gasteiger partial charge < -0.3 is 11.1 Å². The number of hydrogen-bond acceptors (Lipinski definition) is 3. The molecule has 1 aromatic heterocycles. The lowest BCUT2D eigenvalue weighted by atomic mass is 9.43. The quantitative estimate of drug-likeness (QED) is 0.859. The first-order chi connectivity index (χ1) is 9.79. The Morgan fingerprint density at radius 1 is 1.14 bits per heavy atom. The number of aryl methyl sites for hydroxylation is 1. The molecule has 4 aliphatic rings. The molecule has 2 atom stereocenters. The Bertz CT molecular complexity index is 576. The molecule has 0 amide bonds. The van der Waals surface area contributed by atoms with Crippen molar-refractivity contribution < 1.29 is 0 Å². The Kier molecular flexibility index (Phi) is 2.51. The minimum absolute atomic E-state index is 0.248. The lowest BCUT2D eigenvalue weighted by molar-refractivity contribution is -0.0973. The number of anilines is 2. The zero-order valence-electron chi connectivity index (χ0n) is 13.5. The van der Waals surface area contributed by atoms with Gasteiger partial charge in [0.25, 0.3) is 0 Å². The Balaban J connectivity index is 1.66. The van der Waals surface area contributed by atoms with Crippen molar-refractivity contribution in [2.45, 2.75) is 64.8 Å². The molecule has 4 bridgehead atoms. The molecule has 3 heteroatoms. The van der Waals surface area contributed by atoms with Gasteiger partial charge in [-0.05, 0) is 67.8 Å². The zero-order valence-corrected chi connectivity index (χ0v) is 13.5. The third kappa shape index (κ3) is 2.13. The molecular formula is C18H27N3. The van der Waals surface area contributed by atoms with Gasteiger partial charge in [-0.25, -0.2) is 4.98 Å². The van der Waals surface area contributed by atoms with E-state index in [1.165, 1.54) is 38.5 Å². The fraction of sp³-hybridized carbons (Fsp3) is 0.722. The van der Waals surface area contributed by atoms with Crippen LogP contribution in [0.25, 0.3) is 0 Å². The SMILES string of the molecule is Cc1cnc(NC23CC4CC(C)(CC(C)(C4)C2)C3)cc1N. The summed E-state index contributed by atoms with van der Waals surface area (Å²) in [4.78, 5) is 4.57. The Morgan fingerprint density at radius 2 is 1.81 bits per heavy atom. The maximum atomic E-state index is 6.06. The van der Waals surface area contributed by atoms with E-state index in [9.17, 15) is 0 Å². The van der Waals surface area contributed by atoms with Gasteiger partial charge in [-0.2, -0.15) is 0 Å². The molecule has 1 aromatic rings. The highest BCUT2D eigenvalue weighted by Crippen LogP contribution is 2.66. The Labute approximate surface area is 127 Å². The summed E-state index contributed by atoms with van der Waals surface area (Å²) in [5.41, 5.74) is 9.26. The molecule has 3 nitrogen and oxygen atoms in total. The van der Waals surface area contributed by atoms with E-state index in [1.54, 1.807) is 0 Å². The highest BCUT2D eigenvalue weighted by Gasteiger charge is 2.60. The van der Waals surface area contributed by atoms with Crippen molar-refractivity contribution in [3.8, 4) is 0 Å². The van der Waals surface area contributed by atoms with Gasteiger partial charge in [-0.15, -0.1) is 0 Å². The first-order valence-electron chi connectivity index (χ1n) is 8.29. The zero-order chi connectivity index (χ0) is 14.9. The minimum atomic E-state index is 0.248. The summed E-state index contributed by atoms with van der Waals surface area (Å²) in [6.07, 6.45) is 10.0. The molecule has 3 N–H and O–H groups in total. The van der Waals surface area contributed by atoms with E-state index in [4.69, 9.17) is 5.73 Å². The van der Waals surface area contributed by atoms with Gasteiger partial charge in [-0.3, -0.25) is 0 Å². The van der Waals surface area contributed by atoms with Crippen molar-refractivity contribution in [3.63, 3.8) is 0 Å². The van der Waals surface area contributed by atoms with Gasteiger partial charge >= 0.3 is 0 Å². The third-order valence-corrected chi connectivity index (χ3v) is 6.16. The van der Waals surface area contributed by atoms with Crippen molar-refractivity contribution in [1.29, 1.82) is 0 Å². The van der Waals surface area contributed by atoms with Gasteiger partial charge in [0.1, 0.15) is 5.82 Å². The molecule has 4 fully saturated rings. The highest BCUT2D eigenvalue weighted by molar-refractivity contribution is 5.54. The van der Waals surface area contributed by atoms with Crippen LogP contribution in [0.15, 0.2) is 12.3 Å². The van der Waals surface area contributed by atoms with Crippen LogP contribution in [0.4, 0.5) is 11.5 Å². The summed E-state index contributed by atoms with van der Waals surface area (Å²) in [6, 6.07) is 2.01. The average Bonchev–Trinajstić information content (AvgIpc) is 2.28. The van der Waals surface area contributed by atoms with Gasteiger partial charge in [0.2, 0.25) is 0 Å². The van der Waals surface area contributed by atoms with E-state index >= 15 is 0 Å². The van der Waals surface area contributed by atoms with Gasteiger partial charge in [-0.1, -0.05) is 13.8 Å². The maximum Gasteiger partial charge on any atom is 0.128 e. The van der Waals surface area contributed by atoms with Crippen LogP contribution in [0.1, 0.15) is 57.9 Å². The molecule has 4 saturated carbocycles. The van der Waals surface area contributed by atoms with Crippen molar-refractivity contribution in [3.05, 3.63) is 17.8 Å². The second-order valence-electron chi connectivity index (χ2n) is 8.96. The molecule has 21 heavy (non-hydrogen) atoms. The predicted octanol–water partition coefficient (Wildman–Crippen LogP) is 4.13. The predicted molar refractivity (Wildman–Crippen MR) is 87.1 cm³/mol. The second-order valence-corrected chi connectivity index (χ2v) is 8.96. The number of pyridine rings is 1. The number of nitrogen functional groups attached to an aromatic ring is 1. The maximum absolute atomic E-state index is 6.06. The highest BCUT2D eigenvalue weighted by atomic mass is 15.1. The topological polar surface area (TPSA) is 50.9 Å². The van der Waals surface area contributed by atoms with Gasteiger partial charge in [0.15, 0.2) is 0 Å². The lowest BCUT2D eigenvalue weighted by Gasteiger charge is -2.65. The number of hydrogen-bond donors (Lipinski definition) is 2. The average molecular weight is 285 g/mol. The van der Waals surface area contributed by atoms with Crippen LogP contribution in [-0.4, -0.2) is 10.5 Å². The summed E-state index contributed by atoms with van der Waals surface area (Å²) in [7, 11) is 0. The largest absolute Gasteiger partial charge is 0.398 e. The smallest absolute Gasteiger partial charge is 0.128 e. The third-order valence-electron chi connectivity index (χ3n) is 6.16. The number of nitrogens with two attached hydrogens (primary N) is 1. The fourth-order valence-electron chi connectivity index (χ4n) is 6.47. The first kappa shape index (κ1) is 13.4. The lowest BCUT2D eigenvalue weighted by Crippen LogP contribution is -2.61. The van der Waals surface area contributed by atoms with Crippen molar-refractivity contribution >= 4 is 11.5 Å². The minimum Gasteiger partial charge on any atom is -0.398 e. The molecule has 0 radical (unpaired) electrons. The van der Waals surface area contributed by atoms with Crippen molar-refractivity contribution in [2.24, 2.45) is 16.7 Å². The van der Waals surface area contributed by atoms with Crippen LogP contribution in [0.5, 0.6) is 0 Å². The summed E-state index contributed by atoms with van der Waals surface area (Å²) < 4.78 is 0. The van der Waals surface area contributed by atoms with Crippen LogP contribution in [0.3, 0.4) is 0 Å². The van der Waals surface area contributed by atoms with Crippen molar-refractivity contribution in [2.75, 3.05) is 11.1 Å². The Morgan fingerprint density at radius 3 is 2.38 bits per heavy atom. The molecule has 0 aliphatic heterocycles. The molecule has 2 unspecified atom stereocenters. The summed E-state index contributed by atoms with van der Waals surface area (Å²) in [5, 5.41) is 3.81.